The monoisotopic (exact) mass is 472 g/mol. The quantitative estimate of drug-likeness (QED) is 0.535. The molecule has 0 radical (unpaired) electrons. The third kappa shape index (κ3) is 3.74. The Kier molecular flexibility index (Phi) is 5.41. The summed E-state index contributed by atoms with van der Waals surface area (Å²) in [5.41, 5.74) is -0.824. The van der Waals surface area contributed by atoms with Crippen molar-refractivity contribution in [2.75, 3.05) is 11.9 Å². The largest absolute Gasteiger partial charge is 0.434 e. The van der Waals surface area contributed by atoms with Crippen LogP contribution in [0, 0.1) is 5.82 Å². The maximum Gasteiger partial charge on any atom is 0.434 e. The summed E-state index contributed by atoms with van der Waals surface area (Å²) in [6, 6.07) is 5.50. The van der Waals surface area contributed by atoms with Crippen molar-refractivity contribution in [2.45, 2.75) is 43.6 Å². The second-order valence-corrected chi connectivity index (χ2v) is 8.42. The minimum atomic E-state index is -4.56. The maximum absolute atomic E-state index is 14.8. The molecule has 2 fully saturated rings. The number of halogens is 4. The van der Waals surface area contributed by atoms with Crippen LogP contribution >= 0.6 is 0 Å². The second kappa shape index (κ2) is 8.30. The molecule has 1 aromatic carbocycles. The molecule has 0 saturated carbocycles. The van der Waals surface area contributed by atoms with E-state index >= 15 is 0 Å². The summed E-state index contributed by atoms with van der Waals surface area (Å²) in [7, 11) is 1.73. The van der Waals surface area contributed by atoms with Crippen molar-refractivity contribution in [1.29, 1.82) is 0 Å². The highest BCUT2D eigenvalue weighted by molar-refractivity contribution is 6.01. The maximum atomic E-state index is 14.8. The fourth-order valence-corrected chi connectivity index (χ4v) is 5.01. The van der Waals surface area contributed by atoms with Gasteiger partial charge < -0.3 is 9.80 Å². The molecule has 5 rings (SSSR count). The molecule has 11 heteroatoms. The highest BCUT2D eigenvalue weighted by Gasteiger charge is 2.50. The second-order valence-electron chi connectivity index (χ2n) is 8.42. The Morgan fingerprint density at radius 1 is 1.06 bits per heavy atom. The van der Waals surface area contributed by atoms with Crippen LogP contribution in [0.15, 0.2) is 49.1 Å². The van der Waals surface area contributed by atoms with E-state index in [1.54, 1.807) is 29.0 Å². The van der Waals surface area contributed by atoms with Crippen molar-refractivity contribution < 1.29 is 22.4 Å². The summed E-state index contributed by atoms with van der Waals surface area (Å²) in [6.45, 7) is 0. The van der Waals surface area contributed by atoms with E-state index in [9.17, 15) is 22.4 Å². The Hall–Kier alpha value is -3.63. The zero-order valence-electron chi connectivity index (χ0n) is 18.1. The molecular formula is C23H20F4N6O. The summed E-state index contributed by atoms with van der Waals surface area (Å²) in [5.74, 6) is -0.479. The first-order chi connectivity index (χ1) is 16.3. The number of carbonyl (C=O) groups excluding carboxylic acids is 1. The zero-order chi connectivity index (χ0) is 24.0. The van der Waals surface area contributed by atoms with Crippen molar-refractivity contribution in [1.82, 2.24) is 24.8 Å². The molecule has 7 nitrogen and oxygen atoms in total. The van der Waals surface area contributed by atoms with E-state index in [1.807, 2.05) is 0 Å². The first-order valence-corrected chi connectivity index (χ1v) is 10.8. The summed E-state index contributed by atoms with van der Waals surface area (Å²) >= 11 is 0. The molecule has 0 N–H and O–H groups in total. The number of anilines is 1. The van der Waals surface area contributed by atoms with Gasteiger partial charge in [-0.2, -0.15) is 13.2 Å². The third-order valence-electron chi connectivity index (χ3n) is 6.56. The number of carbonyl (C=O) groups is 1. The number of fused-ring (bicyclic) bond motifs is 2. The summed E-state index contributed by atoms with van der Waals surface area (Å²) in [4.78, 5) is 32.8. The minimum absolute atomic E-state index is 0.0536. The molecule has 176 valence electrons. The smallest absolute Gasteiger partial charge is 0.353 e. The van der Waals surface area contributed by atoms with Crippen LogP contribution < -0.4 is 4.90 Å². The van der Waals surface area contributed by atoms with Gasteiger partial charge in [0, 0.05) is 25.5 Å². The number of benzene rings is 1. The van der Waals surface area contributed by atoms with E-state index in [-0.39, 0.29) is 41.0 Å². The Balaban J connectivity index is 1.42. The third-order valence-corrected chi connectivity index (χ3v) is 6.56. The van der Waals surface area contributed by atoms with Crippen LogP contribution in [-0.2, 0) is 6.18 Å². The molecule has 2 saturated heterocycles. The molecule has 0 spiro atoms. The van der Waals surface area contributed by atoms with Crippen LogP contribution in [0.5, 0.6) is 0 Å². The van der Waals surface area contributed by atoms with Gasteiger partial charge in [-0.3, -0.25) is 4.79 Å². The highest BCUT2D eigenvalue weighted by Crippen LogP contribution is 2.42. The van der Waals surface area contributed by atoms with Gasteiger partial charge in [-0.25, -0.2) is 24.3 Å². The van der Waals surface area contributed by atoms with E-state index in [2.05, 4.69) is 19.9 Å². The van der Waals surface area contributed by atoms with Gasteiger partial charge >= 0.3 is 6.18 Å². The van der Waals surface area contributed by atoms with Crippen LogP contribution in [0.25, 0.3) is 11.4 Å². The summed E-state index contributed by atoms with van der Waals surface area (Å²) in [6.07, 6.45) is 2.36. The van der Waals surface area contributed by atoms with Gasteiger partial charge in [-0.1, -0.05) is 6.07 Å². The van der Waals surface area contributed by atoms with Crippen LogP contribution in [0.4, 0.5) is 23.4 Å². The predicted molar refractivity (Wildman–Crippen MR) is 114 cm³/mol. The van der Waals surface area contributed by atoms with Crippen LogP contribution in [-0.4, -0.2) is 55.9 Å². The first kappa shape index (κ1) is 22.2. The minimum Gasteiger partial charge on any atom is -0.353 e. The molecule has 3 atom stereocenters. The molecule has 2 bridgehead atoms. The number of aromatic nitrogens is 4. The van der Waals surface area contributed by atoms with E-state index in [1.165, 1.54) is 24.5 Å². The van der Waals surface area contributed by atoms with Gasteiger partial charge in [-0.15, -0.1) is 0 Å². The molecule has 34 heavy (non-hydrogen) atoms. The molecule has 0 unspecified atom stereocenters. The Morgan fingerprint density at radius 2 is 1.82 bits per heavy atom. The average Bonchev–Trinajstić information content (AvgIpc) is 3.41. The summed E-state index contributed by atoms with van der Waals surface area (Å²) in [5, 5.41) is 0. The molecule has 3 aromatic rings. The standard InChI is InChI=1S/C23H20F4N6O/c1-32(19-12-30-18(11-31-19)23(25,26)27)17-10-13-6-7-16(17)33(13)22(34)14-4-2-5-15(24)20(14)21-28-8-3-9-29-21/h2-5,8-9,11-13,16-17H,6-7,10H2,1H3/t13-,16+,17-/m1/s1. The van der Waals surface area contributed by atoms with Crippen molar-refractivity contribution >= 4 is 11.7 Å². The Morgan fingerprint density at radius 3 is 2.50 bits per heavy atom. The van der Waals surface area contributed by atoms with E-state index in [0.717, 1.165) is 19.0 Å². The number of hydrogen-bond donors (Lipinski definition) is 0. The van der Waals surface area contributed by atoms with E-state index < -0.39 is 17.7 Å². The van der Waals surface area contributed by atoms with Crippen molar-refractivity contribution in [2.24, 2.45) is 0 Å². The van der Waals surface area contributed by atoms with Crippen LogP contribution in [0.2, 0.25) is 0 Å². The normalized spacial score (nSPS) is 21.7. The fourth-order valence-electron chi connectivity index (χ4n) is 5.01. The van der Waals surface area contributed by atoms with E-state index in [4.69, 9.17) is 0 Å². The Bertz CT molecular complexity index is 1200. The predicted octanol–water partition coefficient (Wildman–Crippen LogP) is 3.97. The fraction of sp³-hybridized carbons (Fsp3) is 0.348. The molecule has 4 heterocycles. The lowest BCUT2D eigenvalue weighted by atomic mass is 9.94. The van der Waals surface area contributed by atoms with Crippen LogP contribution in [0.1, 0.15) is 35.3 Å². The first-order valence-electron chi connectivity index (χ1n) is 10.8. The highest BCUT2D eigenvalue weighted by atomic mass is 19.4. The van der Waals surface area contributed by atoms with E-state index in [0.29, 0.717) is 18.4 Å². The topological polar surface area (TPSA) is 75.1 Å². The van der Waals surface area contributed by atoms with Gasteiger partial charge in [0.1, 0.15) is 11.6 Å². The molecule has 2 aliphatic rings. The number of hydrogen-bond acceptors (Lipinski definition) is 6. The van der Waals surface area contributed by atoms with Crippen molar-refractivity contribution in [3.05, 3.63) is 66.1 Å². The molecule has 2 aromatic heterocycles. The number of alkyl halides is 3. The van der Waals surface area contributed by atoms with Crippen LogP contribution in [0.3, 0.4) is 0 Å². The van der Waals surface area contributed by atoms with Gasteiger partial charge in [0.25, 0.3) is 5.91 Å². The van der Waals surface area contributed by atoms with Crippen molar-refractivity contribution in [3.8, 4) is 11.4 Å². The number of likely N-dealkylation sites (N-methyl/N-ethyl adjacent to an activating group) is 1. The lowest BCUT2D eigenvalue weighted by molar-refractivity contribution is -0.141. The number of amides is 1. The molecular weight excluding hydrogens is 452 g/mol. The lowest BCUT2D eigenvalue weighted by Crippen LogP contribution is -2.44. The molecule has 0 aliphatic carbocycles. The van der Waals surface area contributed by atoms with Gasteiger partial charge in [-0.05, 0) is 37.5 Å². The SMILES string of the molecule is CN(c1cnc(C(F)(F)F)cn1)[C@@H]1C[C@H]2CC[C@@H]1N2C(=O)c1cccc(F)c1-c1ncccn1. The zero-order valence-corrected chi connectivity index (χ0v) is 18.1. The molecule has 1 amide bonds. The average molecular weight is 472 g/mol. The summed E-state index contributed by atoms with van der Waals surface area (Å²) < 4.78 is 53.3. The van der Waals surface area contributed by atoms with Crippen molar-refractivity contribution in [3.63, 3.8) is 0 Å². The molecule has 2 aliphatic heterocycles. The van der Waals surface area contributed by atoms with Gasteiger partial charge in [0.2, 0.25) is 0 Å². The number of rotatable bonds is 4. The number of nitrogens with zero attached hydrogens (tertiary/aromatic N) is 6. The van der Waals surface area contributed by atoms with Gasteiger partial charge in [0.15, 0.2) is 11.5 Å². The van der Waals surface area contributed by atoms with Gasteiger partial charge in [0.05, 0.1) is 35.6 Å². The lowest BCUT2D eigenvalue weighted by Gasteiger charge is -2.32. The Labute approximate surface area is 192 Å².